The summed E-state index contributed by atoms with van der Waals surface area (Å²) in [6, 6.07) is 4.84. The van der Waals surface area contributed by atoms with Gasteiger partial charge < -0.3 is 4.90 Å². The van der Waals surface area contributed by atoms with Crippen molar-refractivity contribution in [1.82, 2.24) is 0 Å². The van der Waals surface area contributed by atoms with Crippen LogP contribution in [-0.4, -0.2) is 6.54 Å². The zero-order valence-electron chi connectivity index (χ0n) is 6.18. The maximum absolute atomic E-state index is 12.7. The summed E-state index contributed by atoms with van der Waals surface area (Å²) in [6.45, 7) is 0.902. The summed E-state index contributed by atoms with van der Waals surface area (Å²) in [7, 11) is 3.82. The molecule has 1 nitrogen and oxygen atoms in total. The van der Waals surface area contributed by atoms with Crippen LogP contribution in [0.25, 0.3) is 0 Å². The molecule has 11 heavy (non-hydrogen) atoms. The average molecular weight is 150 g/mol. The molecule has 1 heterocycles. The number of benzene rings is 1. The van der Waals surface area contributed by atoms with Crippen molar-refractivity contribution in [1.29, 1.82) is 0 Å². The first-order chi connectivity index (χ1) is 5.27. The van der Waals surface area contributed by atoms with E-state index in [0.29, 0.717) is 0 Å². The summed E-state index contributed by atoms with van der Waals surface area (Å²) in [5.74, 6) is -0.154. The minimum Gasteiger partial charge on any atom is -0.525 e. The maximum Gasteiger partial charge on any atom is 0.123 e. The molecule has 2 heteroatoms. The lowest BCUT2D eigenvalue weighted by molar-refractivity contribution is 0.626. The Labute approximate surface area is 65.4 Å². The van der Waals surface area contributed by atoms with Crippen LogP contribution in [0.3, 0.4) is 0 Å². The van der Waals surface area contributed by atoms with E-state index in [1.54, 1.807) is 12.1 Å². The Hall–Kier alpha value is -1.05. The Morgan fingerprint density at radius 3 is 3.09 bits per heavy atom. The molecule has 1 aromatic rings. The van der Waals surface area contributed by atoms with E-state index in [1.165, 1.54) is 6.07 Å². The second-order valence-corrected chi connectivity index (χ2v) is 2.79. The lowest BCUT2D eigenvalue weighted by atomic mass is 10.2. The van der Waals surface area contributed by atoms with Crippen LogP contribution in [0.2, 0.25) is 0 Å². The number of nitrogens with zero attached hydrogens (tertiary/aromatic N) is 1. The van der Waals surface area contributed by atoms with Crippen LogP contribution in [0.1, 0.15) is 5.56 Å². The highest BCUT2D eigenvalue weighted by Gasteiger charge is 2.11. The van der Waals surface area contributed by atoms with Crippen molar-refractivity contribution in [3.8, 4) is 0 Å². The fraction of sp³-hybridized carbons (Fsp3) is 0.222. The zero-order valence-corrected chi connectivity index (χ0v) is 6.18. The van der Waals surface area contributed by atoms with Crippen molar-refractivity contribution in [3.63, 3.8) is 0 Å². The highest BCUT2D eigenvalue weighted by Crippen LogP contribution is 2.27. The molecule has 0 atom stereocenters. The lowest BCUT2D eigenvalue weighted by Gasteiger charge is -2.20. The zero-order chi connectivity index (χ0) is 7.84. The third-order valence-corrected chi connectivity index (χ3v) is 2.03. The maximum atomic E-state index is 12.7. The number of fused-ring (bicyclic) bond motifs is 1. The van der Waals surface area contributed by atoms with Crippen molar-refractivity contribution in [2.24, 2.45) is 0 Å². The highest BCUT2D eigenvalue weighted by molar-refractivity contribution is 5.58. The van der Waals surface area contributed by atoms with E-state index in [1.807, 2.05) is 4.90 Å². The molecule has 0 amide bonds. The predicted molar refractivity (Wildman–Crippen MR) is 42.8 cm³/mol. The standard InChI is InChI=1S/C9H9FN/c1-11-5-4-7-6-8(10)2-3-9(7)11/h2-3,6H,1,4-5H2/q-1. The van der Waals surface area contributed by atoms with Gasteiger partial charge in [-0.2, -0.15) is 0 Å². The summed E-state index contributed by atoms with van der Waals surface area (Å²) in [5, 5.41) is 0. The van der Waals surface area contributed by atoms with Crippen molar-refractivity contribution in [2.45, 2.75) is 6.42 Å². The molecule has 0 saturated heterocycles. The molecule has 0 bridgehead atoms. The van der Waals surface area contributed by atoms with Crippen molar-refractivity contribution < 1.29 is 4.39 Å². The Morgan fingerprint density at radius 1 is 1.45 bits per heavy atom. The predicted octanol–water partition coefficient (Wildman–Crippen LogP) is 1.98. The molecule has 0 fully saturated rings. The quantitative estimate of drug-likeness (QED) is 0.511. The second-order valence-electron chi connectivity index (χ2n) is 2.79. The summed E-state index contributed by atoms with van der Waals surface area (Å²) >= 11 is 0. The average Bonchev–Trinajstić information content (AvgIpc) is 2.32. The largest absolute Gasteiger partial charge is 0.525 e. The molecule has 0 N–H and O–H groups in total. The number of rotatable bonds is 0. The second kappa shape index (κ2) is 2.22. The molecular formula is C9H9FN-. The van der Waals surface area contributed by atoms with Gasteiger partial charge in [0.1, 0.15) is 5.82 Å². The summed E-state index contributed by atoms with van der Waals surface area (Å²) < 4.78 is 12.7. The van der Waals surface area contributed by atoms with Gasteiger partial charge in [0.15, 0.2) is 0 Å². The van der Waals surface area contributed by atoms with Gasteiger partial charge in [0.05, 0.1) is 0 Å². The van der Waals surface area contributed by atoms with E-state index in [9.17, 15) is 4.39 Å². The Kier molecular flexibility index (Phi) is 1.34. The molecule has 1 aliphatic heterocycles. The Bertz CT molecular complexity index is 283. The first-order valence-corrected chi connectivity index (χ1v) is 3.64. The van der Waals surface area contributed by atoms with Gasteiger partial charge in [-0.1, -0.05) is 0 Å². The smallest absolute Gasteiger partial charge is 0.123 e. The topological polar surface area (TPSA) is 3.24 Å². The minimum absolute atomic E-state index is 0.154. The number of anilines is 1. The highest BCUT2D eigenvalue weighted by atomic mass is 19.1. The molecule has 0 unspecified atom stereocenters. The van der Waals surface area contributed by atoms with Gasteiger partial charge in [-0.25, -0.2) is 4.39 Å². The van der Waals surface area contributed by atoms with Crippen LogP contribution < -0.4 is 4.90 Å². The van der Waals surface area contributed by atoms with Crippen LogP contribution in [0, 0.1) is 12.9 Å². The SMILES string of the molecule is [CH2-]N1CCc2cc(F)ccc21. The minimum atomic E-state index is -0.154. The number of hydrogen-bond donors (Lipinski definition) is 0. The van der Waals surface area contributed by atoms with Gasteiger partial charge in [-0.05, 0) is 36.7 Å². The van der Waals surface area contributed by atoms with E-state index in [-0.39, 0.29) is 5.82 Å². The molecule has 1 aromatic carbocycles. The van der Waals surface area contributed by atoms with Crippen molar-refractivity contribution in [2.75, 3.05) is 11.4 Å². The van der Waals surface area contributed by atoms with Crippen molar-refractivity contribution >= 4 is 5.69 Å². The van der Waals surface area contributed by atoms with E-state index in [2.05, 4.69) is 7.05 Å². The monoisotopic (exact) mass is 150 g/mol. The lowest BCUT2D eigenvalue weighted by Crippen LogP contribution is -2.08. The number of hydrogen-bond acceptors (Lipinski definition) is 1. The normalized spacial score (nSPS) is 15.3. The molecular weight excluding hydrogens is 141 g/mol. The first kappa shape index (κ1) is 6.65. The molecule has 0 aliphatic carbocycles. The van der Waals surface area contributed by atoms with Gasteiger partial charge in [-0.15, -0.1) is 0 Å². The third kappa shape index (κ3) is 0.985. The molecule has 2 rings (SSSR count). The summed E-state index contributed by atoms with van der Waals surface area (Å²) in [6.07, 6.45) is 0.913. The molecule has 58 valence electrons. The first-order valence-electron chi connectivity index (χ1n) is 3.64. The van der Waals surface area contributed by atoms with Gasteiger partial charge in [0, 0.05) is 5.69 Å². The van der Waals surface area contributed by atoms with Crippen LogP contribution in [0.15, 0.2) is 18.2 Å². The Morgan fingerprint density at radius 2 is 2.27 bits per heavy atom. The van der Waals surface area contributed by atoms with E-state index in [4.69, 9.17) is 0 Å². The molecule has 0 spiro atoms. The third-order valence-electron chi connectivity index (χ3n) is 2.03. The summed E-state index contributed by atoms with van der Waals surface area (Å²) in [5.41, 5.74) is 2.13. The fourth-order valence-electron chi connectivity index (χ4n) is 1.44. The van der Waals surface area contributed by atoms with Crippen molar-refractivity contribution in [3.05, 3.63) is 36.6 Å². The molecule has 0 radical (unpaired) electrons. The van der Waals surface area contributed by atoms with E-state index in [0.717, 1.165) is 24.2 Å². The van der Waals surface area contributed by atoms with Crippen LogP contribution in [0.4, 0.5) is 10.1 Å². The van der Waals surface area contributed by atoms with Gasteiger partial charge in [-0.3, -0.25) is 7.05 Å². The summed E-state index contributed by atoms with van der Waals surface area (Å²) in [4.78, 5) is 1.90. The van der Waals surface area contributed by atoms with Gasteiger partial charge in [0.25, 0.3) is 0 Å². The Balaban J connectivity index is 2.50. The van der Waals surface area contributed by atoms with Gasteiger partial charge >= 0.3 is 0 Å². The molecule has 1 aliphatic rings. The van der Waals surface area contributed by atoms with Crippen LogP contribution in [0.5, 0.6) is 0 Å². The fourth-order valence-corrected chi connectivity index (χ4v) is 1.44. The van der Waals surface area contributed by atoms with E-state index < -0.39 is 0 Å². The van der Waals surface area contributed by atoms with E-state index >= 15 is 0 Å². The van der Waals surface area contributed by atoms with Crippen LogP contribution >= 0.6 is 0 Å². The molecule has 0 aromatic heterocycles. The number of halogens is 1. The van der Waals surface area contributed by atoms with Crippen LogP contribution in [-0.2, 0) is 6.42 Å². The van der Waals surface area contributed by atoms with Gasteiger partial charge in [0.2, 0.25) is 0 Å². The molecule has 0 saturated carbocycles.